The highest BCUT2D eigenvalue weighted by Gasteiger charge is 2.30. The van der Waals surface area contributed by atoms with Crippen molar-refractivity contribution in [3.8, 4) is 0 Å². The van der Waals surface area contributed by atoms with Gasteiger partial charge >= 0.3 is 0 Å². The van der Waals surface area contributed by atoms with E-state index in [0.717, 1.165) is 11.3 Å². The molecular formula is C20H25N3O3. The van der Waals surface area contributed by atoms with Crippen molar-refractivity contribution >= 4 is 23.3 Å². The molecule has 6 heteroatoms. The highest BCUT2D eigenvalue weighted by molar-refractivity contribution is 5.94. The van der Waals surface area contributed by atoms with Gasteiger partial charge in [0.25, 0.3) is 0 Å². The Balaban J connectivity index is 1.50. The monoisotopic (exact) mass is 355 g/mol. The van der Waals surface area contributed by atoms with Crippen molar-refractivity contribution in [2.75, 3.05) is 10.6 Å². The lowest BCUT2D eigenvalue weighted by Crippen LogP contribution is -2.32. The summed E-state index contributed by atoms with van der Waals surface area (Å²) < 4.78 is 4.96. The smallest absolute Gasteiger partial charge is 0.228 e. The second-order valence-corrected chi connectivity index (χ2v) is 7.15. The molecular weight excluding hydrogens is 330 g/mol. The summed E-state index contributed by atoms with van der Waals surface area (Å²) >= 11 is 0. The van der Waals surface area contributed by atoms with Crippen molar-refractivity contribution < 1.29 is 14.1 Å². The van der Waals surface area contributed by atoms with Crippen LogP contribution >= 0.6 is 0 Å². The summed E-state index contributed by atoms with van der Waals surface area (Å²) in [7, 11) is 0. The fraction of sp³-hybridized carbons (Fsp3) is 0.450. The fourth-order valence-electron chi connectivity index (χ4n) is 3.33. The van der Waals surface area contributed by atoms with E-state index in [1.807, 2.05) is 32.0 Å². The van der Waals surface area contributed by atoms with E-state index in [0.29, 0.717) is 37.3 Å². The molecule has 1 aliphatic rings. The summed E-state index contributed by atoms with van der Waals surface area (Å²) in [6.45, 7) is 5.86. The molecule has 2 amide bonds. The maximum Gasteiger partial charge on any atom is 0.228 e. The second-order valence-electron chi connectivity index (χ2n) is 7.15. The van der Waals surface area contributed by atoms with Gasteiger partial charge in [-0.1, -0.05) is 11.2 Å². The number of nitrogens with one attached hydrogen (secondary N) is 2. The number of nitrogens with zero attached hydrogens (tertiary/aromatic N) is 1. The van der Waals surface area contributed by atoms with E-state index in [9.17, 15) is 9.59 Å². The number of carbonyl (C=O) groups excluding carboxylic acids is 2. The molecule has 1 fully saturated rings. The van der Waals surface area contributed by atoms with Crippen LogP contribution in [0.15, 0.2) is 28.8 Å². The van der Waals surface area contributed by atoms with Crippen LogP contribution in [-0.2, 0) is 9.59 Å². The first kappa shape index (κ1) is 18.2. The molecule has 1 heterocycles. The Morgan fingerprint density at radius 1 is 0.923 bits per heavy atom. The molecule has 3 rings (SSSR count). The summed E-state index contributed by atoms with van der Waals surface area (Å²) in [5, 5.41) is 9.57. The molecule has 0 saturated heterocycles. The Morgan fingerprint density at radius 2 is 1.54 bits per heavy atom. The fourth-order valence-corrected chi connectivity index (χ4v) is 3.33. The summed E-state index contributed by atoms with van der Waals surface area (Å²) in [5.74, 6) is 0.965. The van der Waals surface area contributed by atoms with Crippen molar-refractivity contribution in [3.05, 3.63) is 41.2 Å². The molecule has 0 spiro atoms. The predicted octanol–water partition coefficient (Wildman–Crippen LogP) is 3.98. The van der Waals surface area contributed by atoms with Crippen LogP contribution in [0.3, 0.4) is 0 Å². The van der Waals surface area contributed by atoms with Crippen LogP contribution in [0.25, 0.3) is 0 Å². The number of hydrogen-bond acceptors (Lipinski definition) is 4. The van der Waals surface area contributed by atoms with E-state index in [4.69, 9.17) is 4.52 Å². The summed E-state index contributed by atoms with van der Waals surface area (Å²) in [4.78, 5) is 24.8. The Hall–Kier alpha value is -2.63. The highest BCUT2D eigenvalue weighted by atomic mass is 16.5. The average Bonchev–Trinajstić information content (AvgIpc) is 3.03. The van der Waals surface area contributed by atoms with Gasteiger partial charge in [0.05, 0.1) is 0 Å². The summed E-state index contributed by atoms with van der Waals surface area (Å²) in [6.07, 6.45) is 2.83. The molecule has 0 radical (unpaired) electrons. The molecule has 6 nitrogen and oxygen atoms in total. The molecule has 1 aromatic carbocycles. The van der Waals surface area contributed by atoms with Crippen LogP contribution < -0.4 is 10.6 Å². The van der Waals surface area contributed by atoms with Gasteiger partial charge in [0.2, 0.25) is 11.8 Å². The number of benzene rings is 1. The van der Waals surface area contributed by atoms with Gasteiger partial charge in [0.1, 0.15) is 5.76 Å². The van der Waals surface area contributed by atoms with Crippen LogP contribution in [0, 0.1) is 32.6 Å². The minimum atomic E-state index is -0.0855. The Morgan fingerprint density at radius 3 is 2.08 bits per heavy atom. The molecule has 2 N–H and O–H groups in total. The molecule has 0 bridgehead atoms. The number of carbonyl (C=O) groups is 2. The summed E-state index contributed by atoms with van der Waals surface area (Å²) in [5.41, 5.74) is 3.20. The Kier molecular flexibility index (Phi) is 5.40. The zero-order valence-electron chi connectivity index (χ0n) is 15.5. The standard InChI is InChI=1S/C20H25N3O3/c1-12-4-9-17(10-13(12)2)21-19(24)15-5-7-16(8-6-15)20(25)22-18-11-14(3)26-23-18/h4,9-11,15-16H,5-8H2,1-3H3,(H,21,24)(H,22,23,25). The maximum absolute atomic E-state index is 12.5. The molecule has 1 aromatic heterocycles. The van der Waals surface area contributed by atoms with Gasteiger partial charge in [-0.25, -0.2) is 0 Å². The quantitative estimate of drug-likeness (QED) is 0.869. The number of hydrogen-bond donors (Lipinski definition) is 2. The minimum Gasteiger partial charge on any atom is -0.360 e. The van der Waals surface area contributed by atoms with Crippen molar-refractivity contribution in [1.29, 1.82) is 0 Å². The number of anilines is 2. The molecule has 1 saturated carbocycles. The molecule has 0 unspecified atom stereocenters. The lowest BCUT2D eigenvalue weighted by atomic mass is 9.81. The Bertz CT molecular complexity index is 804. The van der Waals surface area contributed by atoms with Crippen LogP contribution in [-0.4, -0.2) is 17.0 Å². The predicted molar refractivity (Wildman–Crippen MR) is 99.9 cm³/mol. The highest BCUT2D eigenvalue weighted by Crippen LogP contribution is 2.30. The van der Waals surface area contributed by atoms with E-state index >= 15 is 0 Å². The van der Waals surface area contributed by atoms with Crippen molar-refractivity contribution in [3.63, 3.8) is 0 Å². The largest absolute Gasteiger partial charge is 0.360 e. The molecule has 1 aliphatic carbocycles. The van der Waals surface area contributed by atoms with E-state index < -0.39 is 0 Å². The van der Waals surface area contributed by atoms with Crippen LogP contribution in [0.4, 0.5) is 11.5 Å². The number of amides is 2. The van der Waals surface area contributed by atoms with E-state index in [1.165, 1.54) is 5.56 Å². The molecule has 0 aliphatic heterocycles. The topological polar surface area (TPSA) is 84.2 Å². The number of rotatable bonds is 4. The van der Waals surface area contributed by atoms with Crippen molar-refractivity contribution in [2.24, 2.45) is 11.8 Å². The molecule has 2 aromatic rings. The van der Waals surface area contributed by atoms with Gasteiger partial charge in [0.15, 0.2) is 5.82 Å². The first-order valence-corrected chi connectivity index (χ1v) is 9.04. The third-order valence-corrected chi connectivity index (χ3v) is 5.12. The lowest BCUT2D eigenvalue weighted by Gasteiger charge is -2.26. The zero-order valence-corrected chi connectivity index (χ0v) is 15.5. The first-order chi connectivity index (χ1) is 12.4. The Labute approximate surface area is 153 Å². The van der Waals surface area contributed by atoms with Gasteiger partial charge in [-0.15, -0.1) is 0 Å². The van der Waals surface area contributed by atoms with E-state index in [-0.39, 0.29) is 23.7 Å². The van der Waals surface area contributed by atoms with Gasteiger partial charge in [-0.2, -0.15) is 0 Å². The normalized spacial score (nSPS) is 19.8. The van der Waals surface area contributed by atoms with E-state index in [1.54, 1.807) is 13.0 Å². The van der Waals surface area contributed by atoms with Crippen molar-refractivity contribution in [1.82, 2.24) is 5.16 Å². The third-order valence-electron chi connectivity index (χ3n) is 5.12. The minimum absolute atomic E-state index is 0.0410. The average molecular weight is 355 g/mol. The SMILES string of the molecule is Cc1cc(NC(=O)C2CCC(C(=O)Nc3ccc(C)c(C)c3)CC2)no1. The lowest BCUT2D eigenvalue weighted by molar-refractivity contribution is -0.125. The number of aromatic nitrogens is 1. The van der Waals surface area contributed by atoms with Crippen molar-refractivity contribution in [2.45, 2.75) is 46.5 Å². The molecule has 0 atom stereocenters. The van der Waals surface area contributed by atoms with Crippen LogP contribution in [0.5, 0.6) is 0 Å². The van der Waals surface area contributed by atoms with Gasteiger partial charge < -0.3 is 15.2 Å². The van der Waals surface area contributed by atoms with Crippen LogP contribution in [0.1, 0.15) is 42.6 Å². The van der Waals surface area contributed by atoms with Gasteiger partial charge in [-0.3, -0.25) is 9.59 Å². The van der Waals surface area contributed by atoms with Gasteiger partial charge in [0, 0.05) is 23.6 Å². The third kappa shape index (κ3) is 4.31. The van der Waals surface area contributed by atoms with Gasteiger partial charge in [-0.05, 0) is 69.7 Å². The maximum atomic E-state index is 12.5. The number of aryl methyl sites for hydroxylation is 3. The second kappa shape index (κ2) is 7.72. The first-order valence-electron chi connectivity index (χ1n) is 9.04. The molecule has 138 valence electrons. The molecule has 26 heavy (non-hydrogen) atoms. The van der Waals surface area contributed by atoms with Crippen LogP contribution in [0.2, 0.25) is 0 Å². The van der Waals surface area contributed by atoms with E-state index in [2.05, 4.69) is 15.8 Å². The summed E-state index contributed by atoms with van der Waals surface area (Å²) in [6, 6.07) is 7.63. The zero-order chi connectivity index (χ0) is 18.7.